The van der Waals surface area contributed by atoms with Crippen LogP contribution in [0.3, 0.4) is 0 Å². The third-order valence-electron chi connectivity index (χ3n) is 1.67. The summed E-state index contributed by atoms with van der Waals surface area (Å²) < 4.78 is 4.41. The second-order valence-electron chi connectivity index (χ2n) is 2.52. The predicted octanol–water partition coefficient (Wildman–Crippen LogP) is 0.970. The van der Waals surface area contributed by atoms with Gasteiger partial charge in [-0.1, -0.05) is 34.1 Å². The summed E-state index contributed by atoms with van der Waals surface area (Å²) in [6, 6.07) is 0. The zero-order valence-corrected chi connectivity index (χ0v) is 9.59. The van der Waals surface area contributed by atoms with Crippen LogP contribution in [-0.4, -0.2) is 19.5 Å². The van der Waals surface area contributed by atoms with Crippen molar-refractivity contribution >= 4 is 47.0 Å². The highest BCUT2D eigenvalue weighted by atomic mass is 127. The second kappa shape index (κ2) is 3.88. The minimum Gasteiger partial charge on any atom is -0.393 e. The number of esters is 2. The average molecular weight is 296 g/mol. The Morgan fingerprint density at radius 3 is 2.67 bits per heavy atom. The number of halogens is 1. The number of carbonyl (C=O) groups excluding carboxylic acids is 2. The molecule has 0 aromatic rings. The number of rotatable bonds is 2. The van der Waals surface area contributed by atoms with Gasteiger partial charge in [-0.2, -0.15) is 0 Å². The molecule has 1 fully saturated rings. The van der Waals surface area contributed by atoms with Crippen molar-refractivity contribution in [1.82, 2.24) is 0 Å². The van der Waals surface area contributed by atoms with Gasteiger partial charge in [0.05, 0.1) is 12.3 Å². The molecule has 6 heteroatoms. The van der Waals surface area contributed by atoms with Gasteiger partial charge in [0.2, 0.25) is 0 Å². The van der Waals surface area contributed by atoms with Gasteiger partial charge in [-0.25, -0.2) is 0 Å². The number of cyclic esters (lactones) is 2. The smallest absolute Gasteiger partial charge is 0.321 e. The summed E-state index contributed by atoms with van der Waals surface area (Å²) in [4.78, 5) is 21.7. The number of ether oxygens (including phenoxy) is 1. The Morgan fingerprint density at radius 1 is 1.75 bits per heavy atom. The largest absolute Gasteiger partial charge is 0.393 e. The van der Waals surface area contributed by atoms with Crippen LogP contribution in [0.25, 0.3) is 0 Å². The third kappa shape index (κ3) is 2.07. The Kier molecular flexibility index (Phi) is 3.29. The lowest BCUT2D eigenvalue weighted by Crippen LogP contribution is -2.08. The van der Waals surface area contributed by atoms with E-state index < -0.39 is 17.4 Å². The molecule has 0 spiro atoms. The first-order chi connectivity index (χ1) is 5.52. The summed E-state index contributed by atoms with van der Waals surface area (Å²) in [5.74, 6) is -1.25. The first-order valence-corrected chi connectivity index (χ1v) is 7.92. The molecule has 1 saturated heterocycles. The van der Waals surface area contributed by atoms with E-state index in [4.69, 9.17) is 0 Å². The Labute approximate surface area is 85.5 Å². The highest BCUT2D eigenvalue weighted by molar-refractivity contribution is 14.2. The molecule has 64 valence electrons. The molecule has 0 aromatic carbocycles. The summed E-state index contributed by atoms with van der Waals surface area (Å²) in [6.45, 7) is 3.79. The van der Waals surface area contributed by atoms with Crippen molar-refractivity contribution in [3.8, 4) is 0 Å². The maximum Gasteiger partial charge on any atom is 0.321 e. The van der Waals surface area contributed by atoms with Crippen LogP contribution in [0.4, 0.5) is 0 Å². The van der Waals surface area contributed by atoms with Crippen LogP contribution in [0.5, 0.6) is 0 Å². The molecule has 0 saturated carbocycles. The van der Waals surface area contributed by atoms with Gasteiger partial charge >= 0.3 is 11.9 Å². The summed E-state index contributed by atoms with van der Waals surface area (Å²) in [7, 11) is 1.99. The highest BCUT2D eigenvalue weighted by Crippen LogP contribution is 2.52. The van der Waals surface area contributed by atoms with Crippen molar-refractivity contribution in [1.29, 1.82) is 0 Å². The molecule has 1 heterocycles. The zero-order valence-electron chi connectivity index (χ0n) is 6.54. The molecule has 0 radical (unpaired) electrons. The summed E-state index contributed by atoms with van der Waals surface area (Å²) in [6.07, 6.45) is 0.174. The minimum absolute atomic E-state index is 0.174. The van der Waals surface area contributed by atoms with E-state index in [1.54, 1.807) is 0 Å². The maximum atomic E-state index is 11.0. The SMILES string of the molecule is BP(I)C(=C)C1CC(=O)OC1=O. The van der Waals surface area contributed by atoms with Crippen LogP contribution >= 0.6 is 27.5 Å². The average Bonchev–Trinajstić information content (AvgIpc) is 2.28. The molecule has 0 N–H and O–H groups in total. The lowest BCUT2D eigenvalue weighted by molar-refractivity contribution is -0.152. The standard InChI is InChI=1S/C6H7BIO3P/c1-3(12(7)8)4-2-5(9)11-6(4)10/h4H,1-2,7H2. The molecule has 1 rings (SSSR count). The van der Waals surface area contributed by atoms with Crippen molar-refractivity contribution in [3.63, 3.8) is 0 Å². The molecule has 2 unspecified atom stereocenters. The maximum absolute atomic E-state index is 11.0. The van der Waals surface area contributed by atoms with Gasteiger partial charge in [0, 0.05) is 0 Å². The van der Waals surface area contributed by atoms with E-state index in [0.29, 0.717) is 0 Å². The monoisotopic (exact) mass is 296 g/mol. The van der Waals surface area contributed by atoms with E-state index in [1.165, 1.54) is 0 Å². The Balaban J connectivity index is 2.71. The van der Waals surface area contributed by atoms with Crippen molar-refractivity contribution in [2.24, 2.45) is 5.92 Å². The molecule has 1 aliphatic heterocycles. The number of carbonyl (C=O) groups is 2. The van der Waals surface area contributed by atoms with Gasteiger partial charge in [-0.05, 0) is 5.31 Å². The molecule has 1 aliphatic rings. The van der Waals surface area contributed by atoms with Gasteiger partial charge in [0.25, 0.3) is 0 Å². The summed E-state index contributed by atoms with van der Waals surface area (Å²) in [5.41, 5.74) is -0.396. The Bertz CT molecular complexity index is 253. The lowest BCUT2D eigenvalue weighted by Gasteiger charge is -2.10. The Hall–Kier alpha value is 0.105. The molecule has 0 aliphatic carbocycles. The number of hydrogen-bond donors (Lipinski definition) is 0. The fourth-order valence-electron chi connectivity index (χ4n) is 0.944. The first-order valence-electron chi connectivity index (χ1n) is 3.35. The van der Waals surface area contributed by atoms with Gasteiger partial charge in [0.15, 0.2) is 7.57 Å². The normalized spacial score (nSPS) is 25.2. The fourth-order valence-corrected chi connectivity index (χ4v) is 2.58. The van der Waals surface area contributed by atoms with E-state index in [1.807, 2.05) is 7.57 Å². The minimum atomic E-state index is -0.434. The van der Waals surface area contributed by atoms with Gasteiger partial charge in [0.1, 0.15) is 0 Å². The van der Waals surface area contributed by atoms with Crippen molar-refractivity contribution < 1.29 is 14.3 Å². The second-order valence-corrected chi connectivity index (χ2v) is 8.39. The first kappa shape index (κ1) is 10.2. The van der Waals surface area contributed by atoms with E-state index in [0.717, 1.165) is 5.31 Å². The van der Waals surface area contributed by atoms with E-state index in [2.05, 4.69) is 33.4 Å². The molecule has 2 atom stereocenters. The van der Waals surface area contributed by atoms with Crippen LogP contribution < -0.4 is 0 Å². The molecule has 12 heavy (non-hydrogen) atoms. The molecular formula is C6H7BIO3P. The topological polar surface area (TPSA) is 43.4 Å². The molecular weight excluding hydrogens is 289 g/mol. The van der Waals surface area contributed by atoms with Crippen LogP contribution in [0.1, 0.15) is 6.42 Å². The highest BCUT2D eigenvalue weighted by Gasteiger charge is 2.36. The lowest BCUT2D eigenvalue weighted by atomic mass is 10.1. The molecule has 3 nitrogen and oxygen atoms in total. The predicted molar refractivity (Wildman–Crippen MR) is 57.8 cm³/mol. The summed E-state index contributed by atoms with van der Waals surface area (Å²) >= 11 is 2.22. The summed E-state index contributed by atoms with van der Waals surface area (Å²) in [5, 5.41) is 0.835. The fraction of sp³-hybridized carbons (Fsp3) is 0.333. The van der Waals surface area contributed by atoms with Gasteiger partial charge in [-0.3, -0.25) is 9.59 Å². The van der Waals surface area contributed by atoms with Crippen molar-refractivity contribution in [3.05, 3.63) is 11.9 Å². The van der Waals surface area contributed by atoms with Gasteiger partial charge in [-0.15, -0.1) is 0 Å². The van der Waals surface area contributed by atoms with Crippen LogP contribution in [0.2, 0.25) is 0 Å². The van der Waals surface area contributed by atoms with Gasteiger partial charge < -0.3 is 4.74 Å². The van der Waals surface area contributed by atoms with Crippen molar-refractivity contribution in [2.45, 2.75) is 6.42 Å². The van der Waals surface area contributed by atoms with Crippen molar-refractivity contribution in [2.75, 3.05) is 0 Å². The van der Waals surface area contributed by atoms with Crippen LogP contribution in [0.15, 0.2) is 11.9 Å². The van der Waals surface area contributed by atoms with Crippen LogP contribution in [0, 0.1) is 5.92 Å². The zero-order chi connectivity index (χ0) is 9.30. The van der Waals surface area contributed by atoms with Crippen LogP contribution in [-0.2, 0) is 14.3 Å². The molecule has 0 bridgehead atoms. The van der Waals surface area contributed by atoms with E-state index in [-0.39, 0.29) is 12.3 Å². The Morgan fingerprint density at radius 2 is 2.33 bits per heavy atom. The quantitative estimate of drug-likeness (QED) is 0.251. The third-order valence-corrected chi connectivity index (χ3v) is 4.63. The van der Waals surface area contributed by atoms with E-state index in [9.17, 15) is 9.59 Å². The number of hydrogen-bond acceptors (Lipinski definition) is 3. The van der Waals surface area contributed by atoms with E-state index >= 15 is 0 Å². The molecule has 0 aromatic heterocycles. The molecule has 0 amide bonds.